The third kappa shape index (κ3) is 2.74. The van der Waals surface area contributed by atoms with Gasteiger partial charge in [-0.2, -0.15) is 0 Å². The summed E-state index contributed by atoms with van der Waals surface area (Å²) in [6, 6.07) is 0.842. The van der Waals surface area contributed by atoms with Crippen molar-refractivity contribution in [2.45, 2.75) is 13.0 Å². The average Bonchev–Trinajstić information content (AvgIpc) is 2.29. The number of benzene rings is 1. The van der Waals surface area contributed by atoms with Crippen molar-refractivity contribution in [2.24, 2.45) is 0 Å². The first-order valence-corrected chi connectivity index (χ1v) is 4.80. The number of nitro benzene ring substituents is 1. The van der Waals surface area contributed by atoms with Crippen molar-refractivity contribution in [1.29, 1.82) is 0 Å². The molecular weight excluding hydrogens is 243 g/mol. The van der Waals surface area contributed by atoms with E-state index in [-0.39, 0.29) is 5.69 Å². The first-order valence-electron chi connectivity index (χ1n) is 4.80. The number of carboxylic acids is 1. The highest BCUT2D eigenvalue weighted by atomic mass is 19.1. The van der Waals surface area contributed by atoms with E-state index < -0.39 is 34.0 Å². The summed E-state index contributed by atoms with van der Waals surface area (Å²) in [5.41, 5.74) is -1.36. The molecule has 1 atom stereocenters. The lowest BCUT2D eigenvalue weighted by Crippen LogP contribution is -2.14. The van der Waals surface area contributed by atoms with Gasteiger partial charge in [0.1, 0.15) is 11.5 Å². The number of nitro groups is 1. The molecule has 0 radical (unpaired) electrons. The summed E-state index contributed by atoms with van der Waals surface area (Å²) in [5, 5.41) is 22.0. The van der Waals surface area contributed by atoms with Crippen molar-refractivity contribution < 1.29 is 19.2 Å². The van der Waals surface area contributed by atoms with Crippen LogP contribution in [0, 0.1) is 28.3 Å². The third-order valence-electron chi connectivity index (χ3n) is 2.13. The molecule has 7 heteroatoms. The fraction of sp³-hybridized carbons (Fsp3) is 0.182. The molecule has 0 fully saturated rings. The summed E-state index contributed by atoms with van der Waals surface area (Å²) in [7, 11) is 0. The number of aromatic carboxylic acids is 1. The lowest BCUT2D eigenvalue weighted by atomic mass is 10.1. The molecule has 0 spiro atoms. The molecule has 0 bridgehead atoms. The molecular formula is C11H9FN2O4. The molecule has 1 aromatic rings. The van der Waals surface area contributed by atoms with E-state index in [2.05, 4.69) is 11.2 Å². The summed E-state index contributed by atoms with van der Waals surface area (Å²) >= 11 is 0. The van der Waals surface area contributed by atoms with E-state index in [1.54, 1.807) is 6.92 Å². The van der Waals surface area contributed by atoms with Crippen LogP contribution in [0.1, 0.15) is 17.3 Å². The second-order valence-electron chi connectivity index (χ2n) is 3.44. The SMILES string of the molecule is C#CC(C)Nc1cc(C(=O)O)c(F)cc1[N+](=O)[O-]. The minimum atomic E-state index is -1.51. The van der Waals surface area contributed by atoms with Crippen molar-refractivity contribution in [3.8, 4) is 12.3 Å². The van der Waals surface area contributed by atoms with Gasteiger partial charge >= 0.3 is 5.97 Å². The topological polar surface area (TPSA) is 92.5 Å². The van der Waals surface area contributed by atoms with Gasteiger partial charge in [0.25, 0.3) is 5.69 Å². The van der Waals surface area contributed by atoms with E-state index in [9.17, 15) is 19.3 Å². The Hall–Kier alpha value is -2.62. The average molecular weight is 252 g/mol. The first kappa shape index (κ1) is 13.4. The van der Waals surface area contributed by atoms with Gasteiger partial charge < -0.3 is 10.4 Å². The van der Waals surface area contributed by atoms with Crippen LogP contribution in [-0.4, -0.2) is 22.0 Å². The van der Waals surface area contributed by atoms with Gasteiger partial charge in [0.15, 0.2) is 0 Å². The summed E-state index contributed by atoms with van der Waals surface area (Å²) in [6.07, 6.45) is 5.10. The van der Waals surface area contributed by atoms with Crippen molar-refractivity contribution in [3.05, 3.63) is 33.6 Å². The molecule has 0 heterocycles. The van der Waals surface area contributed by atoms with Crippen molar-refractivity contribution >= 4 is 17.3 Å². The summed E-state index contributed by atoms with van der Waals surface area (Å²) in [5.74, 6) is -0.420. The molecule has 94 valence electrons. The quantitative estimate of drug-likeness (QED) is 0.484. The van der Waals surface area contributed by atoms with Crippen molar-refractivity contribution in [2.75, 3.05) is 5.32 Å². The van der Waals surface area contributed by atoms with Gasteiger partial charge in [0.05, 0.1) is 22.6 Å². The Kier molecular flexibility index (Phi) is 3.84. The Balaban J connectivity index is 3.36. The summed E-state index contributed by atoms with van der Waals surface area (Å²) in [4.78, 5) is 20.6. The zero-order chi connectivity index (χ0) is 13.9. The molecule has 0 amide bonds. The molecule has 18 heavy (non-hydrogen) atoms. The van der Waals surface area contributed by atoms with Crippen LogP contribution in [0.15, 0.2) is 12.1 Å². The highest BCUT2D eigenvalue weighted by Gasteiger charge is 2.22. The number of carboxylic acid groups (broad SMARTS) is 1. The van der Waals surface area contributed by atoms with Crippen LogP contribution in [-0.2, 0) is 0 Å². The number of rotatable bonds is 4. The molecule has 0 aliphatic rings. The van der Waals surface area contributed by atoms with Gasteiger partial charge in [-0.05, 0) is 13.0 Å². The number of terminal acetylenes is 1. The van der Waals surface area contributed by atoms with Gasteiger partial charge in [-0.1, -0.05) is 5.92 Å². The van der Waals surface area contributed by atoms with E-state index in [1.807, 2.05) is 0 Å². The lowest BCUT2D eigenvalue weighted by molar-refractivity contribution is -0.384. The van der Waals surface area contributed by atoms with E-state index in [1.165, 1.54) is 0 Å². The summed E-state index contributed by atoms with van der Waals surface area (Å²) < 4.78 is 13.3. The standard InChI is InChI=1S/C11H9FN2O4/c1-3-6(2)13-9-4-7(11(15)16)8(12)5-10(9)14(17)18/h1,4-6,13H,2H3,(H,15,16). The largest absolute Gasteiger partial charge is 0.478 e. The van der Waals surface area contributed by atoms with E-state index in [4.69, 9.17) is 11.5 Å². The molecule has 0 aliphatic carbocycles. The third-order valence-corrected chi connectivity index (χ3v) is 2.13. The zero-order valence-corrected chi connectivity index (χ0v) is 9.31. The second kappa shape index (κ2) is 5.14. The molecule has 1 aromatic carbocycles. The van der Waals surface area contributed by atoms with Crippen molar-refractivity contribution in [3.63, 3.8) is 0 Å². The second-order valence-corrected chi connectivity index (χ2v) is 3.44. The molecule has 1 rings (SSSR count). The van der Waals surface area contributed by atoms with Gasteiger partial charge in [-0.25, -0.2) is 9.18 Å². The van der Waals surface area contributed by atoms with Crippen LogP contribution in [0.3, 0.4) is 0 Å². The zero-order valence-electron chi connectivity index (χ0n) is 9.31. The normalized spacial score (nSPS) is 11.4. The number of hydrogen-bond acceptors (Lipinski definition) is 4. The van der Waals surface area contributed by atoms with Crippen LogP contribution in [0.25, 0.3) is 0 Å². The van der Waals surface area contributed by atoms with Gasteiger partial charge in [0.2, 0.25) is 0 Å². The molecule has 6 nitrogen and oxygen atoms in total. The lowest BCUT2D eigenvalue weighted by Gasteiger charge is -2.10. The Bertz CT molecular complexity index is 551. The number of hydrogen-bond donors (Lipinski definition) is 2. The monoisotopic (exact) mass is 252 g/mol. The molecule has 1 unspecified atom stereocenters. The first-order chi connectivity index (χ1) is 8.36. The molecule has 2 N–H and O–H groups in total. The number of halogens is 1. The fourth-order valence-corrected chi connectivity index (χ4v) is 1.27. The van der Waals surface area contributed by atoms with E-state index in [0.717, 1.165) is 6.07 Å². The molecule has 0 saturated heterocycles. The highest BCUT2D eigenvalue weighted by molar-refractivity contribution is 5.90. The maximum Gasteiger partial charge on any atom is 0.338 e. The van der Waals surface area contributed by atoms with E-state index in [0.29, 0.717) is 6.07 Å². The van der Waals surface area contributed by atoms with Gasteiger partial charge in [-0.15, -0.1) is 6.42 Å². The minimum absolute atomic E-state index is 0.135. The van der Waals surface area contributed by atoms with Gasteiger partial charge in [0, 0.05) is 0 Å². The van der Waals surface area contributed by atoms with E-state index >= 15 is 0 Å². The number of nitrogens with zero attached hydrogens (tertiary/aromatic N) is 1. The maximum atomic E-state index is 13.3. The van der Waals surface area contributed by atoms with Gasteiger partial charge in [-0.3, -0.25) is 10.1 Å². The highest BCUT2D eigenvalue weighted by Crippen LogP contribution is 2.28. The van der Waals surface area contributed by atoms with Crippen LogP contribution in [0.5, 0.6) is 0 Å². The predicted molar refractivity (Wildman–Crippen MR) is 61.9 cm³/mol. The predicted octanol–water partition coefficient (Wildman–Crippen LogP) is 1.87. The number of nitrogens with one attached hydrogen (secondary N) is 1. The van der Waals surface area contributed by atoms with Crippen LogP contribution in [0.4, 0.5) is 15.8 Å². The number of anilines is 1. The van der Waals surface area contributed by atoms with Crippen LogP contribution >= 0.6 is 0 Å². The molecule has 0 aliphatic heterocycles. The Morgan fingerprint density at radius 1 is 1.67 bits per heavy atom. The minimum Gasteiger partial charge on any atom is -0.478 e. The number of carbonyl (C=O) groups is 1. The Labute approximate surface area is 102 Å². The molecule has 0 aromatic heterocycles. The van der Waals surface area contributed by atoms with Crippen LogP contribution < -0.4 is 5.32 Å². The Morgan fingerprint density at radius 2 is 2.28 bits per heavy atom. The maximum absolute atomic E-state index is 13.3. The van der Waals surface area contributed by atoms with Crippen molar-refractivity contribution in [1.82, 2.24) is 0 Å². The Morgan fingerprint density at radius 3 is 2.72 bits per heavy atom. The smallest absolute Gasteiger partial charge is 0.338 e. The van der Waals surface area contributed by atoms with Crippen LogP contribution in [0.2, 0.25) is 0 Å². The fourth-order valence-electron chi connectivity index (χ4n) is 1.27. The summed E-state index contributed by atoms with van der Waals surface area (Å²) in [6.45, 7) is 1.55. The molecule has 0 saturated carbocycles.